The van der Waals surface area contributed by atoms with Gasteiger partial charge in [0.25, 0.3) is 5.56 Å². The zero-order chi connectivity index (χ0) is 14.1. The molecular weight excluding hydrogens is 279 g/mol. The normalized spacial score (nSPS) is 10.7. The highest BCUT2D eigenvalue weighted by Crippen LogP contribution is 2.27. The molecule has 0 spiro atoms. The molecule has 5 heteroatoms. The Morgan fingerprint density at radius 1 is 1.00 bits per heavy atom. The summed E-state index contributed by atoms with van der Waals surface area (Å²) in [4.78, 5) is 11.8. The van der Waals surface area contributed by atoms with Gasteiger partial charge in [0.15, 0.2) is 0 Å². The molecule has 0 aliphatic rings. The first-order valence-electron chi connectivity index (χ1n) is 5.98. The van der Waals surface area contributed by atoms with Crippen LogP contribution in [-0.2, 0) is 0 Å². The molecule has 1 aromatic heterocycles. The van der Waals surface area contributed by atoms with E-state index in [0.29, 0.717) is 11.3 Å². The summed E-state index contributed by atoms with van der Waals surface area (Å²) in [5.74, 6) is -0.339. The fourth-order valence-corrected chi connectivity index (χ4v) is 2.28. The van der Waals surface area contributed by atoms with Crippen LogP contribution in [0.2, 0.25) is 5.02 Å². The van der Waals surface area contributed by atoms with Gasteiger partial charge in [0, 0.05) is 5.56 Å². The molecular formula is C15H10ClFN2O. The third kappa shape index (κ3) is 2.14. The van der Waals surface area contributed by atoms with Crippen molar-refractivity contribution in [2.45, 2.75) is 0 Å². The summed E-state index contributed by atoms with van der Waals surface area (Å²) >= 11 is 6.08. The average Bonchev–Trinajstić information content (AvgIpc) is 2.77. The van der Waals surface area contributed by atoms with Gasteiger partial charge in [-0.05, 0) is 36.4 Å². The van der Waals surface area contributed by atoms with Crippen molar-refractivity contribution in [1.29, 1.82) is 0 Å². The third-order valence-electron chi connectivity index (χ3n) is 2.98. The molecule has 0 unspecified atom stereocenters. The molecule has 0 aliphatic heterocycles. The van der Waals surface area contributed by atoms with Gasteiger partial charge in [0.2, 0.25) is 0 Å². The van der Waals surface area contributed by atoms with E-state index >= 15 is 0 Å². The molecule has 0 bridgehead atoms. The number of para-hydroxylation sites is 1. The van der Waals surface area contributed by atoms with Crippen LogP contribution in [0.5, 0.6) is 0 Å². The Morgan fingerprint density at radius 2 is 1.65 bits per heavy atom. The molecule has 2 aromatic carbocycles. The number of nitrogens with one attached hydrogen (secondary N) is 1. The predicted octanol–water partition coefficient (Wildman–Crippen LogP) is 3.63. The van der Waals surface area contributed by atoms with E-state index in [1.807, 2.05) is 30.3 Å². The molecule has 3 rings (SSSR count). The summed E-state index contributed by atoms with van der Waals surface area (Å²) in [6.45, 7) is 0. The van der Waals surface area contributed by atoms with Gasteiger partial charge < -0.3 is 0 Å². The summed E-state index contributed by atoms with van der Waals surface area (Å²) in [5.41, 5.74) is 1.58. The summed E-state index contributed by atoms with van der Waals surface area (Å²) < 4.78 is 14.6. The lowest BCUT2D eigenvalue weighted by molar-refractivity contribution is 0.628. The van der Waals surface area contributed by atoms with Crippen LogP contribution in [0.4, 0.5) is 4.39 Å². The highest BCUT2D eigenvalue weighted by atomic mass is 35.5. The topological polar surface area (TPSA) is 37.8 Å². The van der Waals surface area contributed by atoms with Crippen LogP contribution in [0.15, 0.2) is 59.4 Å². The number of H-pyrrole nitrogens is 1. The van der Waals surface area contributed by atoms with Crippen LogP contribution in [0.1, 0.15) is 0 Å². The second-order valence-electron chi connectivity index (χ2n) is 4.28. The van der Waals surface area contributed by atoms with E-state index in [1.165, 1.54) is 12.1 Å². The van der Waals surface area contributed by atoms with Crippen molar-refractivity contribution in [3.05, 3.63) is 75.8 Å². The van der Waals surface area contributed by atoms with Crippen molar-refractivity contribution in [3.63, 3.8) is 0 Å². The van der Waals surface area contributed by atoms with Gasteiger partial charge in [-0.3, -0.25) is 14.6 Å². The van der Waals surface area contributed by atoms with Gasteiger partial charge in [-0.15, -0.1) is 0 Å². The maximum Gasteiger partial charge on any atom is 0.283 e. The van der Waals surface area contributed by atoms with Crippen LogP contribution >= 0.6 is 11.6 Å². The van der Waals surface area contributed by atoms with Crippen molar-refractivity contribution in [3.8, 4) is 16.9 Å². The predicted molar refractivity (Wildman–Crippen MR) is 76.8 cm³/mol. The SMILES string of the molecule is O=c1[nH]n(-c2ccccc2)c(-c2ccc(F)cc2)c1Cl. The molecule has 3 aromatic rings. The number of benzene rings is 2. The summed E-state index contributed by atoms with van der Waals surface area (Å²) in [6.07, 6.45) is 0. The van der Waals surface area contributed by atoms with E-state index in [9.17, 15) is 9.18 Å². The Balaban J connectivity index is 2.25. The number of rotatable bonds is 2. The van der Waals surface area contributed by atoms with Crippen molar-refractivity contribution >= 4 is 11.6 Å². The molecule has 0 aliphatic carbocycles. The molecule has 0 fully saturated rings. The average molecular weight is 289 g/mol. The van der Waals surface area contributed by atoms with Crippen molar-refractivity contribution in [2.24, 2.45) is 0 Å². The molecule has 0 amide bonds. The molecule has 3 nitrogen and oxygen atoms in total. The molecule has 0 atom stereocenters. The van der Waals surface area contributed by atoms with Crippen LogP contribution in [-0.4, -0.2) is 9.78 Å². The van der Waals surface area contributed by atoms with E-state index in [1.54, 1.807) is 16.8 Å². The second kappa shape index (κ2) is 4.98. The lowest BCUT2D eigenvalue weighted by atomic mass is 10.1. The summed E-state index contributed by atoms with van der Waals surface area (Å²) in [5, 5.41) is 2.76. The fourth-order valence-electron chi connectivity index (χ4n) is 2.05. The minimum atomic E-state index is -0.380. The summed E-state index contributed by atoms with van der Waals surface area (Å²) in [7, 11) is 0. The van der Waals surface area contributed by atoms with Crippen LogP contribution in [0.3, 0.4) is 0 Å². The third-order valence-corrected chi connectivity index (χ3v) is 3.33. The van der Waals surface area contributed by atoms with Crippen molar-refractivity contribution in [2.75, 3.05) is 0 Å². The zero-order valence-corrected chi connectivity index (χ0v) is 11.1. The highest BCUT2D eigenvalue weighted by Gasteiger charge is 2.15. The molecule has 100 valence electrons. The highest BCUT2D eigenvalue weighted by molar-refractivity contribution is 6.33. The first-order chi connectivity index (χ1) is 9.66. The molecule has 1 heterocycles. The van der Waals surface area contributed by atoms with Gasteiger partial charge >= 0.3 is 0 Å². The first-order valence-corrected chi connectivity index (χ1v) is 6.36. The first kappa shape index (κ1) is 12.7. The minimum absolute atomic E-state index is 0.0838. The Morgan fingerprint density at radius 3 is 2.30 bits per heavy atom. The molecule has 0 saturated heterocycles. The molecule has 0 radical (unpaired) electrons. The van der Waals surface area contributed by atoms with Crippen molar-refractivity contribution in [1.82, 2.24) is 9.78 Å². The van der Waals surface area contributed by atoms with E-state index in [4.69, 9.17) is 11.6 Å². The largest absolute Gasteiger partial charge is 0.283 e. The van der Waals surface area contributed by atoms with Gasteiger partial charge in [-0.1, -0.05) is 29.8 Å². The standard InChI is InChI=1S/C15H10ClFN2O/c16-13-14(10-6-8-11(17)9-7-10)19(18-15(13)20)12-4-2-1-3-5-12/h1-9H,(H,18,20). The molecule has 1 N–H and O–H groups in total. The quantitative estimate of drug-likeness (QED) is 0.768. The van der Waals surface area contributed by atoms with E-state index in [0.717, 1.165) is 5.69 Å². The van der Waals surface area contributed by atoms with Gasteiger partial charge in [0.1, 0.15) is 10.8 Å². The zero-order valence-electron chi connectivity index (χ0n) is 10.3. The van der Waals surface area contributed by atoms with Crippen LogP contribution in [0.25, 0.3) is 16.9 Å². The Hall–Kier alpha value is -2.33. The minimum Gasteiger partial charge on any atom is -0.266 e. The lowest BCUT2D eigenvalue weighted by Crippen LogP contribution is -2.04. The van der Waals surface area contributed by atoms with Gasteiger partial charge in [-0.25, -0.2) is 4.39 Å². The maximum atomic E-state index is 13.0. The van der Waals surface area contributed by atoms with Gasteiger partial charge in [0.05, 0.1) is 11.4 Å². The lowest BCUT2D eigenvalue weighted by Gasteiger charge is -2.08. The number of aromatic nitrogens is 2. The number of hydrogen-bond donors (Lipinski definition) is 1. The number of hydrogen-bond acceptors (Lipinski definition) is 1. The number of nitrogens with zero attached hydrogens (tertiary/aromatic N) is 1. The second-order valence-corrected chi connectivity index (χ2v) is 4.66. The smallest absolute Gasteiger partial charge is 0.266 e. The van der Waals surface area contributed by atoms with E-state index < -0.39 is 0 Å². The van der Waals surface area contributed by atoms with E-state index in [2.05, 4.69) is 5.10 Å². The van der Waals surface area contributed by atoms with Crippen molar-refractivity contribution < 1.29 is 4.39 Å². The van der Waals surface area contributed by atoms with E-state index in [-0.39, 0.29) is 16.4 Å². The molecule has 0 saturated carbocycles. The fraction of sp³-hybridized carbons (Fsp3) is 0. The monoisotopic (exact) mass is 288 g/mol. The number of halogens is 2. The Bertz CT molecular complexity index is 791. The maximum absolute atomic E-state index is 13.0. The van der Waals surface area contributed by atoms with Crippen LogP contribution < -0.4 is 5.56 Å². The molecule has 20 heavy (non-hydrogen) atoms. The van der Waals surface area contributed by atoms with Gasteiger partial charge in [-0.2, -0.15) is 0 Å². The Kier molecular flexibility index (Phi) is 3.16. The Labute approximate surface area is 119 Å². The number of aromatic amines is 1. The summed E-state index contributed by atoms with van der Waals surface area (Å²) in [6, 6.07) is 15.1. The van der Waals surface area contributed by atoms with Crippen LogP contribution in [0, 0.1) is 5.82 Å².